The normalized spacial score (nSPS) is 13.9. The predicted octanol–water partition coefficient (Wildman–Crippen LogP) is 3.72. The molecule has 0 aliphatic heterocycles. The SMILES string of the molecule is C=CCOc1ccccc1CNC(=NC)NCCCC1CC1.I. The fourth-order valence-corrected chi connectivity index (χ4v) is 2.34. The lowest BCUT2D eigenvalue weighted by Crippen LogP contribution is -2.37. The van der Waals surface area contributed by atoms with Crippen LogP contribution in [0.5, 0.6) is 5.75 Å². The van der Waals surface area contributed by atoms with E-state index in [1.165, 1.54) is 25.7 Å². The van der Waals surface area contributed by atoms with Crippen LogP contribution in [0, 0.1) is 5.92 Å². The second-order valence-electron chi connectivity index (χ2n) is 5.65. The van der Waals surface area contributed by atoms with Gasteiger partial charge >= 0.3 is 0 Å². The molecular formula is C18H28IN3O. The van der Waals surface area contributed by atoms with Gasteiger partial charge in [-0.15, -0.1) is 24.0 Å². The molecule has 0 aromatic heterocycles. The van der Waals surface area contributed by atoms with Gasteiger partial charge in [0.25, 0.3) is 0 Å². The summed E-state index contributed by atoms with van der Waals surface area (Å²) in [4.78, 5) is 4.26. The van der Waals surface area contributed by atoms with E-state index in [0.29, 0.717) is 13.2 Å². The van der Waals surface area contributed by atoms with E-state index in [4.69, 9.17) is 4.74 Å². The van der Waals surface area contributed by atoms with E-state index in [9.17, 15) is 0 Å². The minimum atomic E-state index is 0. The Balaban J connectivity index is 0.00000264. The summed E-state index contributed by atoms with van der Waals surface area (Å²) in [6, 6.07) is 8.04. The average molecular weight is 429 g/mol. The number of nitrogens with zero attached hydrogens (tertiary/aromatic N) is 1. The van der Waals surface area contributed by atoms with Gasteiger partial charge < -0.3 is 15.4 Å². The molecule has 0 saturated heterocycles. The number of para-hydroxylation sites is 1. The van der Waals surface area contributed by atoms with Crippen molar-refractivity contribution in [3.63, 3.8) is 0 Å². The standard InChI is InChI=1S/C18H27N3O.HI/c1-3-13-22-17-9-5-4-8-16(17)14-21-18(19-2)20-12-6-7-15-10-11-15;/h3-5,8-9,15H,1,6-7,10-14H2,2H3,(H2,19,20,21);1H. The zero-order chi connectivity index (χ0) is 15.6. The van der Waals surface area contributed by atoms with Crippen molar-refractivity contribution >= 4 is 29.9 Å². The van der Waals surface area contributed by atoms with E-state index in [1.807, 2.05) is 18.2 Å². The fourth-order valence-electron chi connectivity index (χ4n) is 2.34. The van der Waals surface area contributed by atoms with Gasteiger partial charge in [0.05, 0.1) is 0 Å². The second-order valence-corrected chi connectivity index (χ2v) is 5.65. The first-order valence-electron chi connectivity index (χ1n) is 8.09. The molecule has 1 fully saturated rings. The van der Waals surface area contributed by atoms with Gasteiger partial charge in [-0.1, -0.05) is 43.7 Å². The summed E-state index contributed by atoms with van der Waals surface area (Å²) >= 11 is 0. The van der Waals surface area contributed by atoms with Gasteiger partial charge in [-0.05, 0) is 24.8 Å². The number of ether oxygens (including phenoxy) is 1. The van der Waals surface area contributed by atoms with E-state index in [0.717, 1.165) is 29.7 Å². The van der Waals surface area contributed by atoms with Crippen LogP contribution in [0.3, 0.4) is 0 Å². The van der Waals surface area contributed by atoms with Crippen LogP contribution < -0.4 is 15.4 Å². The maximum Gasteiger partial charge on any atom is 0.191 e. The Hall–Kier alpha value is -1.24. The number of aliphatic imine (C=N–C) groups is 1. The lowest BCUT2D eigenvalue weighted by molar-refractivity contribution is 0.358. The maximum absolute atomic E-state index is 5.67. The maximum atomic E-state index is 5.67. The minimum Gasteiger partial charge on any atom is -0.489 e. The van der Waals surface area contributed by atoms with Crippen LogP contribution in [0.4, 0.5) is 0 Å². The van der Waals surface area contributed by atoms with Crippen molar-refractivity contribution in [3.8, 4) is 5.75 Å². The first-order valence-corrected chi connectivity index (χ1v) is 8.09. The molecular weight excluding hydrogens is 401 g/mol. The van der Waals surface area contributed by atoms with Crippen molar-refractivity contribution in [3.05, 3.63) is 42.5 Å². The highest BCUT2D eigenvalue weighted by atomic mass is 127. The summed E-state index contributed by atoms with van der Waals surface area (Å²) in [5, 5.41) is 6.71. The Bertz CT molecular complexity index is 501. The molecule has 1 aliphatic carbocycles. The van der Waals surface area contributed by atoms with E-state index < -0.39 is 0 Å². The molecule has 0 unspecified atom stereocenters. The van der Waals surface area contributed by atoms with Gasteiger partial charge in [0.1, 0.15) is 12.4 Å². The molecule has 0 heterocycles. The lowest BCUT2D eigenvalue weighted by Gasteiger charge is -2.14. The topological polar surface area (TPSA) is 45.6 Å². The van der Waals surface area contributed by atoms with Crippen molar-refractivity contribution in [1.29, 1.82) is 0 Å². The van der Waals surface area contributed by atoms with Crippen LogP contribution in [-0.2, 0) is 6.54 Å². The molecule has 128 valence electrons. The third-order valence-electron chi connectivity index (χ3n) is 3.78. The number of benzene rings is 1. The third kappa shape index (κ3) is 7.72. The number of rotatable bonds is 9. The Morgan fingerprint density at radius 3 is 2.83 bits per heavy atom. The molecule has 1 saturated carbocycles. The zero-order valence-corrected chi connectivity index (χ0v) is 16.2. The molecule has 1 aromatic rings. The van der Waals surface area contributed by atoms with Crippen LogP contribution in [-0.4, -0.2) is 26.2 Å². The number of halogens is 1. The van der Waals surface area contributed by atoms with Crippen LogP contribution in [0.15, 0.2) is 41.9 Å². The molecule has 0 atom stereocenters. The monoisotopic (exact) mass is 429 g/mol. The van der Waals surface area contributed by atoms with Crippen LogP contribution in [0.2, 0.25) is 0 Å². The average Bonchev–Trinajstić information content (AvgIpc) is 3.37. The molecule has 0 radical (unpaired) electrons. The first-order chi connectivity index (χ1) is 10.8. The van der Waals surface area contributed by atoms with Crippen molar-refractivity contribution in [2.75, 3.05) is 20.2 Å². The fraction of sp³-hybridized carbons (Fsp3) is 0.500. The molecule has 1 aliphatic rings. The summed E-state index contributed by atoms with van der Waals surface area (Å²) in [7, 11) is 1.80. The van der Waals surface area contributed by atoms with Gasteiger partial charge in [0.2, 0.25) is 0 Å². The molecule has 2 N–H and O–H groups in total. The molecule has 23 heavy (non-hydrogen) atoms. The van der Waals surface area contributed by atoms with Gasteiger partial charge in [-0.3, -0.25) is 4.99 Å². The van der Waals surface area contributed by atoms with E-state index in [-0.39, 0.29) is 24.0 Å². The minimum absolute atomic E-state index is 0. The highest BCUT2D eigenvalue weighted by molar-refractivity contribution is 14.0. The highest BCUT2D eigenvalue weighted by Gasteiger charge is 2.19. The number of guanidine groups is 1. The number of hydrogen-bond acceptors (Lipinski definition) is 2. The lowest BCUT2D eigenvalue weighted by atomic mass is 10.2. The highest BCUT2D eigenvalue weighted by Crippen LogP contribution is 2.33. The van der Waals surface area contributed by atoms with E-state index in [2.05, 4.69) is 28.3 Å². The van der Waals surface area contributed by atoms with Crippen LogP contribution in [0.1, 0.15) is 31.2 Å². The summed E-state index contributed by atoms with van der Waals surface area (Å²) in [5.41, 5.74) is 1.12. The van der Waals surface area contributed by atoms with Crippen molar-refractivity contribution < 1.29 is 4.74 Å². The quantitative estimate of drug-likeness (QED) is 0.207. The Morgan fingerprint density at radius 1 is 1.35 bits per heavy atom. The van der Waals surface area contributed by atoms with Gasteiger partial charge in [0, 0.05) is 25.7 Å². The molecule has 2 rings (SSSR count). The van der Waals surface area contributed by atoms with Gasteiger partial charge in [0.15, 0.2) is 5.96 Å². The van der Waals surface area contributed by atoms with E-state index in [1.54, 1.807) is 13.1 Å². The molecule has 4 nitrogen and oxygen atoms in total. The summed E-state index contributed by atoms with van der Waals surface area (Å²) in [6.45, 7) is 5.87. The number of hydrogen-bond donors (Lipinski definition) is 2. The largest absolute Gasteiger partial charge is 0.489 e. The second kappa shape index (κ2) is 11.3. The van der Waals surface area contributed by atoms with Crippen molar-refractivity contribution in [2.45, 2.75) is 32.2 Å². The van der Waals surface area contributed by atoms with Crippen LogP contribution in [0.25, 0.3) is 0 Å². The van der Waals surface area contributed by atoms with E-state index >= 15 is 0 Å². The molecule has 0 amide bonds. The third-order valence-corrected chi connectivity index (χ3v) is 3.78. The Morgan fingerprint density at radius 2 is 2.13 bits per heavy atom. The molecule has 5 heteroatoms. The Labute approximate surface area is 156 Å². The molecule has 0 spiro atoms. The first kappa shape index (κ1) is 19.8. The smallest absolute Gasteiger partial charge is 0.191 e. The van der Waals surface area contributed by atoms with Gasteiger partial charge in [-0.2, -0.15) is 0 Å². The van der Waals surface area contributed by atoms with Crippen molar-refractivity contribution in [2.24, 2.45) is 10.9 Å². The zero-order valence-electron chi connectivity index (χ0n) is 13.9. The molecule has 1 aromatic carbocycles. The predicted molar refractivity (Wildman–Crippen MR) is 108 cm³/mol. The van der Waals surface area contributed by atoms with Crippen molar-refractivity contribution in [1.82, 2.24) is 10.6 Å². The van der Waals surface area contributed by atoms with Gasteiger partial charge in [-0.25, -0.2) is 0 Å². The Kier molecular flexibility index (Phi) is 9.75. The summed E-state index contributed by atoms with van der Waals surface area (Å²) in [6.07, 6.45) is 7.15. The summed E-state index contributed by atoms with van der Waals surface area (Å²) in [5.74, 6) is 2.72. The van der Waals surface area contributed by atoms with Crippen LogP contribution >= 0.6 is 24.0 Å². The number of nitrogens with one attached hydrogen (secondary N) is 2. The molecule has 0 bridgehead atoms. The summed E-state index contributed by atoms with van der Waals surface area (Å²) < 4.78 is 5.67.